The molecule has 1 aliphatic rings. The van der Waals surface area contributed by atoms with E-state index in [2.05, 4.69) is 10.4 Å². The molecule has 0 bridgehead atoms. The minimum atomic E-state index is -0.0927. The second kappa shape index (κ2) is 7.94. The lowest BCUT2D eigenvalue weighted by Crippen LogP contribution is -2.14. The van der Waals surface area contributed by atoms with Gasteiger partial charge in [-0.25, -0.2) is 0 Å². The molecule has 5 nitrogen and oxygen atoms in total. The van der Waals surface area contributed by atoms with Gasteiger partial charge in [0.05, 0.1) is 25.3 Å². The van der Waals surface area contributed by atoms with Crippen LogP contribution < -0.4 is 5.32 Å². The lowest BCUT2D eigenvalue weighted by molar-refractivity contribution is -0.115. The molecule has 1 saturated heterocycles. The molecule has 1 atom stereocenters. The lowest BCUT2D eigenvalue weighted by Gasteiger charge is -2.08. The van der Waals surface area contributed by atoms with E-state index in [-0.39, 0.29) is 12.3 Å². The van der Waals surface area contributed by atoms with Crippen LogP contribution in [0.1, 0.15) is 18.0 Å². The molecule has 2 heterocycles. The van der Waals surface area contributed by atoms with Crippen molar-refractivity contribution in [3.8, 4) is 11.1 Å². The van der Waals surface area contributed by atoms with Crippen LogP contribution in [0, 0.1) is 0 Å². The summed E-state index contributed by atoms with van der Waals surface area (Å²) >= 11 is 6.11. The quantitative estimate of drug-likeness (QED) is 0.715. The number of hydrogen-bond acceptors (Lipinski definition) is 3. The van der Waals surface area contributed by atoms with Crippen LogP contribution >= 0.6 is 11.6 Å². The molecule has 3 aromatic rings. The molecule has 1 aliphatic heterocycles. The van der Waals surface area contributed by atoms with E-state index in [1.54, 1.807) is 6.07 Å². The van der Waals surface area contributed by atoms with E-state index in [0.717, 1.165) is 42.0 Å². The summed E-state index contributed by atoms with van der Waals surface area (Å²) in [5, 5.41) is 7.97. The van der Waals surface area contributed by atoms with Gasteiger partial charge in [0.25, 0.3) is 0 Å². The minimum Gasteiger partial charge on any atom is -0.379 e. The van der Waals surface area contributed by atoms with Crippen molar-refractivity contribution in [2.75, 3.05) is 18.5 Å². The molecule has 1 amide bonds. The highest BCUT2D eigenvalue weighted by molar-refractivity contribution is 6.31. The zero-order valence-electron chi connectivity index (χ0n) is 14.8. The highest BCUT2D eigenvalue weighted by atomic mass is 35.5. The van der Waals surface area contributed by atoms with E-state index in [9.17, 15) is 4.79 Å². The smallest absolute Gasteiger partial charge is 0.228 e. The van der Waals surface area contributed by atoms with Gasteiger partial charge in [-0.2, -0.15) is 5.10 Å². The topological polar surface area (TPSA) is 56.2 Å². The molecule has 6 heteroatoms. The first-order valence-corrected chi connectivity index (χ1v) is 9.32. The SMILES string of the molecule is O=C(Cc1ccccc1Cl)Nc1ccc(-c2cnn(C3CCOC3)c2)cc1. The molecule has 4 rings (SSSR count). The lowest BCUT2D eigenvalue weighted by atomic mass is 10.1. The van der Waals surface area contributed by atoms with E-state index in [1.807, 2.05) is 59.5 Å². The molecule has 2 aromatic carbocycles. The average Bonchev–Trinajstić information content (AvgIpc) is 3.36. The fourth-order valence-corrected chi connectivity index (χ4v) is 3.39. The van der Waals surface area contributed by atoms with Crippen LogP contribution in [0.5, 0.6) is 0 Å². The third-order valence-corrected chi connectivity index (χ3v) is 5.06. The normalized spacial score (nSPS) is 16.4. The van der Waals surface area contributed by atoms with Gasteiger partial charge in [0, 0.05) is 29.1 Å². The molecule has 1 unspecified atom stereocenters. The van der Waals surface area contributed by atoms with Crippen molar-refractivity contribution in [2.24, 2.45) is 0 Å². The molecule has 0 aliphatic carbocycles. The fraction of sp³-hybridized carbons (Fsp3) is 0.238. The predicted molar refractivity (Wildman–Crippen MR) is 106 cm³/mol. The highest BCUT2D eigenvalue weighted by Crippen LogP contribution is 2.25. The number of carbonyl (C=O) groups is 1. The monoisotopic (exact) mass is 381 g/mol. The minimum absolute atomic E-state index is 0.0927. The van der Waals surface area contributed by atoms with Crippen LogP contribution in [0.15, 0.2) is 60.9 Å². The Bertz CT molecular complexity index is 931. The summed E-state index contributed by atoms with van der Waals surface area (Å²) in [6, 6.07) is 15.5. The van der Waals surface area contributed by atoms with Crippen LogP contribution in [0.3, 0.4) is 0 Å². The average molecular weight is 382 g/mol. The largest absolute Gasteiger partial charge is 0.379 e. The van der Waals surface area contributed by atoms with Crippen LogP contribution in [0.25, 0.3) is 11.1 Å². The zero-order chi connectivity index (χ0) is 18.6. The third kappa shape index (κ3) is 4.21. The van der Waals surface area contributed by atoms with Crippen molar-refractivity contribution in [3.05, 3.63) is 71.5 Å². The van der Waals surface area contributed by atoms with Gasteiger partial charge >= 0.3 is 0 Å². The van der Waals surface area contributed by atoms with Crippen LogP contribution in [-0.4, -0.2) is 28.9 Å². The third-order valence-electron chi connectivity index (χ3n) is 4.69. The van der Waals surface area contributed by atoms with Gasteiger partial charge in [0.15, 0.2) is 0 Å². The summed E-state index contributed by atoms with van der Waals surface area (Å²) in [7, 11) is 0. The van der Waals surface area contributed by atoms with E-state index in [4.69, 9.17) is 16.3 Å². The number of anilines is 1. The number of nitrogens with zero attached hydrogens (tertiary/aromatic N) is 2. The van der Waals surface area contributed by atoms with Crippen molar-refractivity contribution in [1.82, 2.24) is 9.78 Å². The number of benzene rings is 2. The van der Waals surface area contributed by atoms with Gasteiger partial charge in [-0.05, 0) is 35.7 Å². The molecule has 138 valence electrons. The molecular formula is C21H20ClN3O2. The number of rotatable bonds is 5. The summed E-state index contributed by atoms with van der Waals surface area (Å²) in [4.78, 5) is 12.2. The van der Waals surface area contributed by atoms with Gasteiger partial charge in [-0.1, -0.05) is 41.9 Å². The van der Waals surface area contributed by atoms with Gasteiger partial charge in [0.1, 0.15) is 0 Å². The van der Waals surface area contributed by atoms with Crippen molar-refractivity contribution in [3.63, 3.8) is 0 Å². The molecular weight excluding hydrogens is 362 g/mol. The summed E-state index contributed by atoms with van der Waals surface area (Å²) < 4.78 is 7.39. The molecule has 27 heavy (non-hydrogen) atoms. The summed E-state index contributed by atoms with van der Waals surface area (Å²) in [6.45, 7) is 1.51. The fourth-order valence-electron chi connectivity index (χ4n) is 3.18. The number of aromatic nitrogens is 2. The summed E-state index contributed by atoms with van der Waals surface area (Å²) in [5.74, 6) is -0.0927. The van der Waals surface area contributed by atoms with E-state index in [0.29, 0.717) is 11.1 Å². The maximum absolute atomic E-state index is 12.2. The Morgan fingerprint density at radius 3 is 2.74 bits per heavy atom. The van der Waals surface area contributed by atoms with Crippen LogP contribution in [0.2, 0.25) is 5.02 Å². The Morgan fingerprint density at radius 2 is 2.00 bits per heavy atom. The maximum Gasteiger partial charge on any atom is 0.228 e. The number of hydrogen-bond donors (Lipinski definition) is 1. The van der Waals surface area contributed by atoms with Crippen LogP contribution in [-0.2, 0) is 16.0 Å². The molecule has 1 N–H and O–H groups in total. The molecule has 0 spiro atoms. The van der Waals surface area contributed by atoms with Gasteiger partial charge in [-0.15, -0.1) is 0 Å². The highest BCUT2D eigenvalue weighted by Gasteiger charge is 2.18. The predicted octanol–water partition coefficient (Wildman–Crippen LogP) is 4.35. The van der Waals surface area contributed by atoms with Crippen molar-refractivity contribution in [2.45, 2.75) is 18.9 Å². The summed E-state index contributed by atoms with van der Waals surface area (Å²) in [6.07, 6.45) is 5.16. The Labute approximate surface area is 162 Å². The van der Waals surface area contributed by atoms with Crippen molar-refractivity contribution < 1.29 is 9.53 Å². The second-order valence-corrected chi connectivity index (χ2v) is 7.03. The van der Waals surface area contributed by atoms with Gasteiger partial charge in [-0.3, -0.25) is 9.48 Å². The first kappa shape index (κ1) is 17.8. The molecule has 0 radical (unpaired) electrons. The maximum atomic E-state index is 12.2. The number of carbonyl (C=O) groups excluding carboxylic acids is 1. The first-order chi connectivity index (χ1) is 13.2. The van der Waals surface area contributed by atoms with Gasteiger partial charge in [0.2, 0.25) is 5.91 Å². The van der Waals surface area contributed by atoms with Crippen molar-refractivity contribution >= 4 is 23.2 Å². The molecule has 1 aromatic heterocycles. The second-order valence-electron chi connectivity index (χ2n) is 6.62. The number of amides is 1. The number of nitrogens with one attached hydrogen (secondary N) is 1. The zero-order valence-corrected chi connectivity index (χ0v) is 15.5. The first-order valence-electron chi connectivity index (χ1n) is 8.94. The Hall–Kier alpha value is -2.63. The number of halogens is 1. The van der Waals surface area contributed by atoms with Crippen molar-refractivity contribution in [1.29, 1.82) is 0 Å². The summed E-state index contributed by atoms with van der Waals surface area (Å²) in [5.41, 5.74) is 3.68. The van der Waals surface area contributed by atoms with E-state index < -0.39 is 0 Å². The van der Waals surface area contributed by atoms with E-state index in [1.165, 1.54) is 0 Å². The Kier molecular flexibility index (Phi) is 5.23. The van der Waals surface area contributed by atoms with Crippen LogP contribution in [0.4, 0.5) is 5.69 Å². The molecule has 1 fully saturated rings. The Balaban J connectivity index is 1.40. The van der Waals surface area contributed by atoms with E-state index >= 15 is 0 Å². The van der Waals surface area contributed by atoms with Gasteiger partial charge < -0.3 is 10.1 Å². The number of ether oxygens (including phenoxy) is 1. The Morgan fingerprint density at radius 1 is 1.19 bits per heavy atom. The molecule has 0 saturated carbocycles. The standard InChI is InChI=1S/C21H20ClN3O2/c22-20-4-2-1-3-16(20)11-21(26)24-18-7-5-15(6-8-18)17-12-23-25(13-17)19-9-10-27-14-19/h1-8,12-13,19H,9-11,14H2,(H,24,26).